The van der Waals surface area contributed by atoms with E-state index in [1.165, 1.54) is 89.0 Å². The van der Waals surface area contributed by atoms with E-state index in [2.05, 4.69) is 375 Å². The van der Waals surface area contributed by atoms with Gasteiger partial charge in [-0.2, -0.15) is 0 Å². The van der Waals surface area contributed by atoms with E-state index in [-0.39, 0.29) is 0 Å². The highest BCUT2D eigenvalue weighted by Gasteiger charge is 2.48. The summed E-state index contributed by atoms with van der Waals surface area (Å²) in [7, 11) is 0. The minimum Gasteiger partial charge on any atom is -0.310 e. The fourth-order valence-corrected chi connectivity index (χ4v) is 14.9. The molecule has 0 amide bonds. The molecule has 2 aliphatic rings. The van der Waals surface area contributed by atoms with Gasteiger partial charge in [0, 0.05) is 34.1 Å². The van der Waals surface area contributed by atoms with E-state index in [4.69, 9.17) is 0 Å². The Bertz CT molecular complexity index is 4680. The van der Waals surface area contributed by atoms with Gasteiger partial charge in [0.1, 0.15) is 0 Å². The van der Waals surface area contributed by atoms with Crippen LogP contribution >= 0.6 is 0 Å². The van der Waals surface area contributed by atoms with Crippen molar-refractivity contribution in [3.63, 3.8) is 0 Å². The van der Waals surface area contributed by atoms with E-state index in [0.29, 0.717) is 0 Å². The van der Waals surface area contributed by atoms with Crippen molar-refractivity contribution < 1.29 is 0 Å². The molecule has 0 aromatic heterocycles. The molecule has 0 saturated heterocycles. The topological polar surface area (TPSA) is 6.48 Å². The third-order valence-electron chi connectivity index (χ3n) is 19.2. The maximum atomic E-state index is 4.11. The van der Waals surface area contributed by atoms with Crippen molar-refractivity contribution in [3.8, 4) is 55.6 Å². The molecule has 434 valence electrons. The predicted octanol–water partition coefficient (Wildman–Crippen LogP) is 23.6. The van der Waals surface area contributed by atoms with Crippen molar-refractivity contribution in [3.05, 3.63) is 421 Å². The standard InChI is InChI=1S/C90H64N2/c1-3-63-33-45-73(46-34-63)89(71-25-13-7-14-26-71)85-31-19-17-29-81(85)83-59-57-79(61-87(83)89)91(75-49-37-67(38-50-75)65-21-9-5-10-22-65)77-53-41-69(42-54-77)70-43-55-78(56-44-70)92(76-51-39-68(40-52-76)66-23-11-6-12-24-66)80-58-60-84-82-30-18-20-32-86(82)90(88(84)62-80,72-27-15-8-16-28-72)74-47-35-64(4-2)36-48-74/h3-62H,1-2H2. The molecule has 0 aliphatic heterocycles. The molecule has 2 heteroatoms. The van der Waals surface area contributed by atoms with E-state index in [9.17, 15) is 0 Å². The van der Waals surface area contributed by atoms with E-state index >= 15 is 0 Å². The van der Waals surface area contributed by atoms with Gasteiger partial charge < -0.3 is 9.80 Å². The summed E-state index contributed by atoms with van der Waals surface area (Å²) in [5, 5.41) is 0. The first kappa shape index (κ1) is 55.5. The summed E-state index contributed by atoms with van der Waals surface area (Å²) in [5.74, 6) is 0. The first-order valence-corrected chi connectivity index (χ1v) is 31.7. The van der Waals surface area contributed by atoms with Gasteiger partial charge in [0.15, 0.2) is 0 Å². The first-order valence-electron chi connectivity index (χ1n) is 31.7. The number of nitrogens with zero attached hydrogens (tertiary/aromatic N) is 2. The maximum absolute atomic E-state index is 4.11. The highest BCUT2D eigenvalue weighted by atomic mass is 15.1. The molecule has 0 heterocycles. The van der Waals surface area contributed by atoms with Crippen LogP contribution in [-0.2, 0) is 10.8 Å². The van der Waals surface area contributed by atoms with E-state index in [1.807, 2.05) is 12.2 Å². The average Bonchev–Trinajstić information content (AvgIpc) is 1.54. The Morgan fingerprint density at radius 3 is 0.772 bits per heavy atom. The Labute approximate surface area is 539 Å². The molecule has 2 aliphatic carbocycles. The third kappa shape index (κ3) is 9.26. The number of anilines is 6. The quantitative estimate of drug-likeness (QED) is 0.101. The number of rotatable bonds is 15. The number of benzene rings is 14. The Morgan fingerprint density at radius 1 is 0.207 bits per heavy atom. The van der Waals surface area contributed by atoms with Crippen molar-refractivity contribution >= 4 is 46.3 Å². The predicted molar refractivity (Wildman–Crippen MR) is 387 cm³/mol. The second-order valence-electron chi connectivity index (χ2n) is 24.0. The van der Waals surface area contributed by atoms with E-state index in [0.717, 1.165) is 56.4 Å². The zero-order chi connectivity index (χ0) is 61.6. The molecule has 0 radical (unpaired) electrons. The smallest absolute Gasteiger partial charge is 0.0714 e. The lowest BCUT2D eigenvalue weighted by molar-refractivity contribution is 0.768. The lowest BCUT2D eigenvalue weighted by Gasteiger charge is -2.35. The summed E-state index contributed by atoms with van der Waals surface area (Å²) in [6.45, 7) is 8.21. The molecule has 14 aromatic carbocycles. The van der Waals surface area contributed by atoms with Gasteiger partial charge >= 0.3 is 0 Å². The van der Waals surface area contributed by atoms with Gasteiger partial charge in [-0.15, -0.1) is 0 Å². The Kier molecular flexibility index (Phi) is 14.0. The molecule has 2 atom stereocenters. The van der Waals surface area contributed by atoms with Gasteiger partial charge in [-0.25, -0.2) is 0 Å². The van der Waals surface area contributed by atoms with Crippen LogP contribution in [0.1, 0.15) is 55.6 Å². The molecule has 0 saturated carbocycles. The molecular formula is C90H64N2. The molecule has 14 aromatic rings. The van der Waals surface area contributed by atoms with Crippen molar-refractivity contribution in [2.45, 2.75) is 10.8 Å². The Morgan fingerprint density at radius 2 is 0.457 bits per heavy atom. The van der Waals surface area contributed by atoms with Gasteiger partial charge in [0.05, 0.1) is 10.8 Å². The molecule has 0 N–H and O–H groups in total. The number of hydrogen-bond donors (Lipinski definition) is 0. The normalized spacial score (nSPS) is 14.9. The zero-order valence-electron chi connectivity index (χ0n) is 50.9. The Hall–Kier alpha value is -11.8. The van der Waals surface area contributed by atoms with Crippen molar-refractivity contribution in [2.24, 2.45) is 0 Å². The van der Waals surface area contributed by atoms with Gasteiger partial charge in [-0.05, 0) is 184 Å². The van der Waals surface area contributed by atoms with Crippen LogP contribution in [0.5, 0.6) is 0 Å². The minimum atomic E-state index is -0.583. The second-order valence-corrected chi connectivity index (χ2v) is 24.0. The van der Waals surface area contributed by atoms with Gasteiger partial charge in [-0.1, -0.05) is 304 Å². The van der Waals surface area contributed by atoms with Crippen LogP contribution in [-0.4, -0.2) is 0 Å². The highest BCUT2D eigenvalue weighted by Crippen LogP contribution is 2.59. The summed E-state index contributed by atoms with van der Waals surface area (Å²) >= 11 is 0. The van der Waals surface area contributed by atoms with Gasteiger partial charge in [0.2, 0.25) is 0 Å². The van der Waals surface area contributed by atoms with Gasteiger partial charge in [0.25, 0.3) is 0 Å². The van der Waals surface area contributed by atoms with Crippen LogP contribution in [0.25, 0.3) is 67.8 Å². The molecule has 0 bridgehead atoms. The summed E-state index contributed by atoms with van der Waals surface area (Å²) < 4.78 is 0. The molecule has 0 fully saturated rings. The van der Waals surface area contributed by atoms with Crippen molar-refractivity contribution in [1.29, 1.82) is 0 Å². The molecule has 16 rings (SSSR count). The molecular weight excluding hydrogens is 1110 g/mol. The summed E-state index contributed by atoms with van der Waals surface area (Å²) in [6.07, 6.45) is 3.85. The van der Waals surface area contributed by atoms with Gasteiger partial charge in [-0.3, -0.25) is 0 Å². The molecule has 2 unspecified atom stereocenters. The summed E-state index contributed by atoms with van der Waals surface area (Å²) in [6, 6.07) is 130. The van der Waals surface area contributed by atoms with Crippen LogP contribution < -0.4 is 9.80 Å². The highest BCUT2D eigenvalue weighted by molar-refractivity contribution is 5.92. The minimum absolute atomic E-state index is 0.583. The van der Waals surface area contributed by atoms with E-state index < -0.39 is 10.8 Å². The number of fused-ring (bicyclic) bond motifs is 6. The zero-order valence-corrected chi connectivity index (χ0v) is 50.9. The largest absolute Gasteiger partial charge is 0.310 e. The number of hydrogen-bond acceptors (Lipinski definition) is 2. The lowest BCUT2D eigenvalue weighted by Crippen LogP contribution is -2.28. The first-order chi connectivity index (χ1) is 45.5. The SMILES string of the molecule is C=Cc1ccc(C2(c3ccccc3)c3ccccc3-c3ccc(N(c4ccc(-c5ccccc5)cc4)c4ccc(-c5ccc(N(c6ccc(-c7ccccc7)cc6)c6ccc7c(c6)C(c6ccccc6)(c6ccc(C=C)cc6)c6ccccc6-7)cc5)cc4)cc32)cc1. The maximum Gasteiger partial charge on any atom is 0.0714 e. The molecule has 92 heavy (non-hydrogen) atoms. The fraction of sp³-hybridized carbons (Fsp3) is 0.0222. The third-order valence-corrected chi connectivity index (χ3v) is 19.2. The van der Waals surface area contributed by atoms with E-state index in [1.54, 1.807) is 0 Å². The van der Waals surface area contributed by atoms with Crippen LogP contribution in [0.2, 0.25) is 0 Å². The summed E-state index contributed by atoms with van der Waals surface area (Å²) in [4.78, 5) is 4.83. The van der Waals surface area contributed by atoms with Crippen LogP contribution in [0.4, 0.5) is 34.1 Å². The fourth-order valence-electron chi connectivity index (χ4n) is 14.9. The molecule has 2 nitrogen and oxygen atoms in total. The van der Waals surface area contributed by atoms with Crippen LogP contribution in [0.3, 0.4) is 0 Å². The monoisotopic (exact) mass is 1170 g/mol. The van der Waals surface area contributed by atoms with Crippen LogP contribution in [0, 0.1) is 0 Å². The van der Waals surface area contributed by atoms with Crippen molar-refractivity contribution in [1.82, 2.24) is 0 Å². The average molecular weight is 1170 g/mol. The Balaban J connectivity index is 0.807. The molecule has 0 spiro atoms. The summed E-state index contributed by atoms with van der Waals surface area (Å²) in [5.41, 5.74) is 29.2. The second kappa shape index (κ2) is 23.3. The van der Waals surface area contributed by atoms with Crippen molar-refractivity contribution in [2.75, 3.05) is 9.80 Å². The lowest BCUT2D eigenvalue weighted by atomic mass is 9.67. The van der Waals surface area contributed by atoms with Crippen LogP contribution in [0.15, 0.2) is 365 Å².